The molecule has 2 atom stereocenters. The Labute approximate surface area is 114 Å². The zero-order chi connectivity index (χ0) is 13.9. The largest absolute Gasteiger partial charge is 0.490 e. The van der Waals surface area contributed by atoms with Gasteiger partial charge in [-0.2, -0.15) is 0 Å². The molecule has 1 aliphatic rings. The van der Waals surface area contributed by atoms with Crippen molar-refractivity contribution in [1.29, 1.82) is 0 Å². The number of benzene rings is 1. The van der Waals surface area contributed by atoms with Crippen LogP contribution in [-0.2, 0) is 10.0 Å². The number of hydrogen-bond donors (Lipinski definition) is 2. The molecule has 0 spiro atoms. The van der Waals surface area contributed by atoms with E-state index in [0.717, 1.165) is 19.3 Å². The quantitative estimate of drug-likeness (QED) is 0.852. The van der Waals surface area contributed by atoms with Crippen LogP contribution in [0.4, 0.5) is 0 Å². The molecular formula is C13H20N2O3S. The number of nitrogens with two attached hydrogens (primary N) is 1. The molecule has 0 bridgehead atoms. The van der Waals surface area contributed by atoms with Gasteiger partial charge in [0.1, 0.15) is 11.9 Å². The lowest BCUT2D eigenvalue weighted by molar-refractivity contribution is 0.208. The second-order valence-electron chi connectivity index (χ2n) is 4.79. The molecule has 19 heavy (non-hydrogen) atoms. The van der Waals surface area contributed by atoms with Gasteiger partial charge in [-0.1, -0.05) is 6.92 Å². The molecule has 1 saturated carbocycles. The van der Waals surface area contributed by atoms with Crippen molar-refractivity contribution in [2.24, 2.45) is 5.73 Å². The summed E-state index contributed by atoms with van der Waals surface area (Å²) in [5, 5.41) is 0. The summed E-state index contributed by atoms with van der Waals surface area (Å²) in [6.45, 7) is 2.12. The van der Waals surface area contributed by atoms with E-state index >= 15 is 0 Å². The summed E-state index contributed by atoms with van der Waals surface area (Å²) in [4.78, 5) is 0.254. The van der Waals surface area contributed by atoms with Crippen LogP contribution in [0.15, 0.2) is 29.2 Å². The summed E-state index contributed by atoms with van der Waals surface area (Å²) in [6.07, 6.45) is 2.94. The predicted octanol–water partition coefficient (Wildman–Crippen LogP) is 1.24. The highest BCUT2D eigenvalue weighted by molar-refractivity contribution is 7.89. The average Bonchev–Trinajstić information content (AvgIpc) is 2.75. The van der Waals surface area contributed by atoms with E-state index in [0.29, 0.717) is 12.3 Å². The van der Waals surface area contributed by atoms with Crippen LogP contribution < -0.4 is 15.2 Å². The second kappa shape index (κ2) is 5.90. The molecule has 1 aromatic carbocycles. The molecule has 2 unspecified atom stereocenters. The highest BCUT2D eigenvalue weighted by atomic mass is 32.2. The van der Waals surface area contributed by atoms with Crippen LogP contribution in [0, 0.1) is 0 Å². The topological polar surface area (TPSA) is 81.4 Å². The maximum absolute atomic E-state index is 11.8. The van der Waals surface area contributed by atoms with Crippen LogP contribution in [0.2, 0.25) is 0 Å². The first-order valence-electron chi connectivity index (χ1n) is 6.53. The van der Waals surface area contributed by atoms with Gasteiger partial charge in [0, 0.05) is 12.6 Å². The van der Waals surface area contributed by atoms with Gasteiger partial charge in [-0.25, -0.2) is 13.1 Å². The van der Waals surface area contributed by atoms with Gasteiger partial charge in [-0.05, 0) is 43.5 Å². The van der Waals surface area contributed by atoms with Gasteiger partial charge in [-0.3, -0.25) is 0 Å². The SMILES string of the molecule is CCNS(=O)(=O)c1ccc(OC2CCC(N)C2)cc1. The van der Waals surface area contributed by atoms with Crippen LogP contribution in [0.1, 0.15) is 26.2 Å². The third-order valence-corrected chi connectivity index (χ3v) is 4.76. The lowest BCUT2D eigenvalue weighted by Gasteiger charge is -2.13. The van der Waals surface area contributed by atoms with Crippen molar-refractivity contribution in [2.75, 3.05) is 6.54 Å². The Kier molecular flexibility index (Phi) is 4.44. The number of hydrogen-bond acceptors (Lipinski definition) is 4. The normalized spacial score (nSPS) is 23.5. The third-order valence-electron chi connectivity index (χ3n) is 3.20. The highest BCUT2D eigenvalue weighted by Crippen LogP contribution is 2.24. The molecule has 1 fully saturated rings. The lowest BCUT2D eigenvalue weighted by Crippen LogP contribution is -2.23. The Morgan fingerprint density at radius 2 is 2.00 bits per heavy atom. The van der Waals surface area contributed by atoms with Crippen LogP contribution in [0.3, 0.4) is 0 Å². The van der Waals surface area contributed by atoms with Gasteiger partial charge in [0.15, 0.2) is 0 Å². The monoisotopic (exact) mass is 284 g/mol. The highest BCUT2D eigenvalue weighted by Gasteiger charge is 2.23. The van der Waals surface area contributed by atoms with Gasteiger partial charge in [-0.15, -0.1) is 0 Å². The fraction of sp³-hybridized carbons (Fsp3) is 0.538. The van der Waals surface area contributed by atoms with Crippen molar-refractivity contribution in [2.45, 2.75) is 43.2 Å². The van der Waals surface area contributed by atoms with E-state index in [1.807, 2.05) is 0 Å². The Morgan fingerprint density at radius 1 is 1.32 bits per heavy atom. The van der Waals surface area contributed by atoms with E-state index in [9.17, 15) is 8.42 Å². The van der Waals surface area contributed by atoms with Crippen molar-refractivity contribution in [3.8, 4) is 5.75 Å². The number of ether oxygens (including phenoxy) is 1. The molecule has 0 amide bonds. The average molecular weight is 284 g/mol. The standard InChI is InChI=1S/C13H20N2O3S/c1-2-15-19(16,17)13-7-5-11(6-8-13)18-12-4-3-10(14)9-12/h5-8,10,12,15H,2-4,9,14H2,1H3. The van der Waals surface area contributed by atoms with E-state index in [-0.39, 0.29) is 17.0 Å². The first-order valence-corrected chi connectivity index (χ1v) is 8.01. The zero-order valence-electron chi connectivity index (χ0n) is 11.0. The summed E-state index contributed by atoms with van der Waals surface area (Å²) >= 11 is 0. The molecule has 0 aliphatic heterocycles. The summed E-state index contributed by atoms with van der Waals surface area (Å²) < 4.78 is 31.8. The maximum atomic E-state index is 11.8. The molecule has 0 saturated heterocycles. The Hall–Kier alpha value is -1.11. The zero-order valence-corrected chi connectivity index (χ0v) is 11.8. The molecule has 106 valence electrons. The van der Waals surface area contributed by atoms with Crippen LogP contribution in [-0.4, -0.2) is 27.1 Å². The predicted molar refractivity (Wildman–Crippen MR) is 73.5 cm³/mol. The fourth-order valence-corrected chi connectivity index (χ4v) is 3.28. The minimum absolute atomic E-state index is 0.145. The van der Waals surface area contributed by atoms with Gasteiger partial charge in [0.25, 0.3) is 0 Å². The van der Waals surface area contributed by atoms with Crippen molar-refractivity contribution >= 4 is 10.0 Å². The first-order chi connectivity index (χ1) is 9.01. The van der Waals surface area contributed by atoms with Gasteiger partial charge < -0.3 is 10.5 Å². The number of nitrogens with one attached hydrogen (secondary N) is 1. The molecule has 0 radical (unpaired) electrons. The van der Waals surface area contributed by atoms with Gasteiger partial charge >= 0.3 is 0 Å². The first kappa shape index (κ1) is 14.3. The lowest BCUT2D eigenvalue weighted by atomic mass is 10.3. The number of sulfonamides is 1. The van der Waals surface area contributed by atoms with Gasteiger partial charge in [0.05, 0.1) is 4.90 Å². The smallest absolute Gasteiger partial charge is 0.240 e. The molecule has 0 heterocycles. The molecule has 6 heteroatoms. The van der Waals surface area contributed by atoms with E-state index < -0.39 is 10.0 Å². The van der Waals surface area contributed by atoms with E-state index in [1.165, 1.54) is 0 Å². The molecular weight excluding hydrogens is 264 g/mol. The summed E-state index contributed by atoms with van der Waals surface area (Å²) in [7, 11) is -3.39. The fourth-order valence-electron chi connectivity index (χ4n) is 2.24. The molecule has 1 aliphatic carbocycles. The molecule has 1 aromatic rings. The maximum Gasteiger partial charge on any atom is 0.240 e. The molecule has 5 nitrogen and oxygen atoms in total. The Balaban J connectivity index is 2.02. The van der Waals surface area contributed by atoms with Crippen molar-refractivity contribution in [1.82, 2.24) is 4.72 Å². The van der Waals surface area contributed by atoms with Crippen LogP contribution >= 0.6 is 0 Å². The van der Waals surface area contributed by atoms with E-state index in [1.54, 1.807) is 31.2 Å². The van der Waals surface area contributed by atoms with Crippen molar-refractivity contribution in [3.63, 3.8) is 0 Å². The van der Waals surface area contributed by atoms with E-state index in [2.05, 4.69) is 4.72 Å². The molecule has 0 aromatic heterocycles. The van der Waals surface area contributed by atoms with Gasteiger partial charge in [0.2, 0.25) is 10.0 Å². The molecule has 3 N–H and O–H groups in total. The second-order valence-corrected chi connectivity index (χ2v) is 6.55. The summed E-state index contributed by atoms with van der Waals surface area (Å²) in [5.41, 5.74) is 5.83. The Morgan fingerprint density at radius 3 is 2.53 bits per heavy atom. The van der Waals surface area contributed by atoms with Crippen molar-refractivity contribution in [3.05, 3.63) is 24.3 Å². The Bertz CT molecular complexity index is 513. The third kappa shape index (κ3) is 3.68. The summed E-state index contributed by atoms with van der Waals surface area (Å²) in [6, 6.07) is 6.71. The minimum atomic E-state index is -3.39. The summed E-state index contributed by atoms with van der Waals surface area (Å²) in [5.74, 6) is 0.689. The van der Waals surface area contributed by atoms with Crippen LogP contribution in [0.5, 0.6) is 5.75 Å². The minimum Gasteiger partial charge on any atom is -0.490 e. The van der Waals surface area contributed by atoms with Crippen LogP contribution in [0.25, 0.3) is 0 Å². The van der Waals surface area contributed by atoms with E-state index in [4.69, 9.17) is 10.5 Å². The number of rotatable bonds is 5. The van der Waals surface area contributed by atoms with Crippen molar-refractivity contribution < 1.29 is 13.2 Å². The molecule has 2 rings (SSSR count).